The molecule has 0 spiro atoms. The van der Waals surface area contributed by atoms with Crippen LogP contribution in [-0.4, -0.2) is 34.1 Å². The van der Waals surface area contributed by atoms with Crippen molar-refractivity contribution < 1.29 is 0 Å². The molecule has 0 saturated heterocycles. The largest absolute Gasteiger partial charge is 0.325 e. The molecule has 0 atom stereocenters. The van der Waals surface area contributed by atoms with Crippen LogP contribution in [0.15, 0.2) is 17.2 Å². The molecule has 0 saturated carbocycles. The molecule has 0 amide bonds. The Morgan fingerprint density at radius 2 is 2.21 bits per heavy atom. The minimum atomic E-state index is -0.0162. The van der Waals surface area contributed by atoms with Crippen molar-refractivity contribution in [3.63, 3.8) is 0 Å². The normalized spacial score (nSPS) is 11.1. The molecule has 80 valence electrons. The Morgan fingerprint density at radius 3 is 2.71 bits per heavy atom. The summed E-state index contributed by atoms with van der Waals surface area (Å²) in [5.41, 5.74) is -0.0162. The summed E-state index contributed by atoms with van der Waals surface area (Å²) in [5.74, 6) is 0. The monoisotopic (exact) mass is 197 g/mol. The first-order valence-corrected chi connectivity index (χ1v) is 5.24. The average molecular weight is 197 g/mol. The molecule has 0 aliphatic rings. The Morgan fingerprint density at radius 1 is 1.43 bits per heavy atom. The van der Waals surface area contributed by atoms with E-state index in [1.807, 2.05) is 0 Å². The van der Waals surface area contributed by atoms with Crippen LogP contribution >= 0.6 is 0 Å². The molecule has 0 radical (unpaired) electrons. The molecule has 1 aromatic heterocycles. The van der Waals surface area contributed by atoms with Gasteiger partial charge in [0.15, 0.2) is 0 Å². The molecule has 1 heterocycles. The van der Waals surface area contributed by atoms with Crippen molar-refractivity contribution in [3.05, 3.63) is 22.9 Å². The molecule has 1 N–H and O–H groups in total. The standard InChI is InChI=1S/C10H19N3O/c1-3-6-12(4-2)8-9-13-7-5-11-10(13)14/h5,7H,3-4,6,8-9H2,1-2H3,(H,11,14). The summed E-state index contributed by atoms with van der Waals surface area (Å²) < 4.78 is 1.71. The van der Waals surface area contributed by atoms with E-state index < -0.39 is 0 Å². The molecule has 0 fully saturated rings. The summed E-state index contributed by atoms with van der Waals surface area (Å²) in [7, 11) is 0. The summed E-state index contributed by atoms with van der Waals surface area (Å²) in [4.78, 5) is 16.1. The van der Waals surface area contributed by atoms with Crippen molar-refractivity contribution in [1.82, 2.24) is 14.5 Å². The zero-order chi connectivity index (χ0) is 10.4. The molecule has 0 aliphatic carbocycles. The number of imidazole rings is 1. The number of aromatic nitrogens is 2. The second-order valence-electron chi connectivity index (χ2n) is 3.39. The molecular formula is C10H19N3O. The van der Waals surface area contributed by atoms with E-state index in [1.165, 1.54) is 0 Å². The number of H-pyrrole nitrogens is 1. The van der Waals surface area contributed by atoms with Crippen LogP contribution < -0.4 is 5.69 Å². The van der Waals surface area contributed by atoms with Crippen LogP contribution in [0.4, 0.5) is 0 Å². The van der Waals surface area contributed by atoms with Crippen molar-refractivity contribution in [2.24, 2.45) is 0 Å². The van der Waals surface area contributed by atoms with Gasteiger partial charge in [-0.15, -0.1) is 0 Å². The number of nitrogens with zero attached hydrogens (tertiary/aromatic N) is 2. The lowest BCUT2D eigenvalue weighted by Gasteiger charge is -2.19. The zero-order valence-corrected chi connectivity index (χ0v) is 8.99. The van der Waals surface area contributed by atoms with Crippen molar-refractivity contribution >= 4 is 0 Å². The van der Waals surface area contributed by atoms with Gasteiger partial charge in [-0.05, 0) is 19.5 Å². The maximum Gasteiger partial charge on any atom is 0.325 e. The average Bonchev–Trinajstić information content (AvgIpc) is 2.59. The van der Waals surface area contributed by atoms with Gasteiger partial charge < -0.3 is 9.88 Å². The van der Waals surface area contributed by atoms with Crippen LogP contribution in [0.3, 0.4) is 0 Å². The summed E-state index contributed by atoms with van der Waals surface area (Å²) in [6.45, 7) is 8.20. The molecule has 0 unspecified atom stereocenters. The molecule has 4 heteroatoms. The summed E-state index contributed by atoms with van der Waals surface area (Å²) in [5, 5.41) is 0. The van der Waals surface area contributed by atoms with Gasteiger partial charge in [0.25, 0.3) is 0 Å². The lowest BCUT2D eigenvalue weighted by Crippen LogP contribution is -2.30. The zero-order valence-electron chi connectivity index (χ0n) is 8.99. The third-order valence-corrected chi connectivity index (χ3v) is 2.37. The molecule has 4 nitrogen and oxygen atoms in total. The van der Waals surface area contributed by atoms with Crippen molar-refractivity contribution in [2.75, 3.05) is 19.6 Å². The van der Waals surface area contributed by atoms with Gasteiger partial charge in [0.2, 0.25) is 0 Å². The minimum absolute atomic E-state index is 0.0162. The number of aromatic amines is 1. The van der Waals surface area contributed by atoms with Gasteiger partial charge in [-0.3, -0.25) is 4.57 Å². The molecule has 0 aliphatic heterocycles. The van der Waals surface area contributed by atoms with Crippen LogP contribution in [0, 0.1) is 0 Å². The highest BCUT2D eigenvalue weighted by Crippen LogP contribution is 1.91. The Hall–Kier alpha value is -1.03. The maximum absolute atomic E-state index is 11.2. The van der Waals surface area contributed by atoms with E-state index in [2.05, 4.69) is 23.7 Å². The second kappa shape index (κ2) is 5.65. The first-order valence-electron chi connectivity index (χ1n) is 5.24. The Bertz CT molecular complexity index is 302. The van der Waals surface area contributed by atoms with Gasteiger partial charge in [-0.1, -0.05) is 13.8 Å². The number of hydrogen-bond acceptors (Lipinski definition) is 2. The third-order valence-electron chi connectivity index (χ3n) is 2.37. The highest BCUT2D eigenvalue weighted by Gasteiger charge is 2.01. The van der Waals surface area contributed by atoms with Crippen molar-refractivity contribution in [2.45, 2.75) is 26.8 Å². The fourth-order valence-corrected chi connectivity index (χ4v) is 1.52. The fraction of sp³-hybridized carbons (Fsp3) is 0.700. The smallest absolute Gasteiger partial charge is 0.313 e. The number of likely N-dealkylation sites (N-methyl/N-ethyl adjacent to an activating group) is 1. The van der Waals surface area contributed by atoms with Crippen LogP contribution in [0.5, 0.6) is 0 Å². The summed E-state index contributed by atoms with van der Waals surface area (Å²) in [6, 6.07) is 0. The predicted octanol–water partition coefficient (Wildman–Crippen LogP) is 0.908. The fourth-order valence-electron chi connectivity index (χ4n) is 1.52. The summed E-state index contributed by atoms with van der Waals surface area (Å²) >= 11 is 0. The van der Waals surface area contributed by atoms with E-state index in [1.54, 1.807) is 17.0 Å². The third kappa shape index (κ3) is 3.03. The van der Waals surface area contributed by atoms with Gasteiger partial charge in [0, 0.05) is 25.5 Å². The predicted molar refractivity (Wildman–Crippen MR) is 57.5 cm³/mol. The van der Waals surface area contributed by atoms with Crippen LogP contribution in [0.1, 0.15) is 20.3 Å². The lowest BCUT2D eigenvalue weighted by atomic mass is 10.4. The van der Waals surface area contributed by atoms with Crippen LogP contribution in [0.2, 0.25) is 0 Å². The molecule has 1 rings (SSSR count). The number of hydrogen-bond donors (Lipinski definition) is 1. The van der Waals surface area contributed by atoms with Gasteiger partial charge in [-0.2, -0.15) is 0 Å². The SMILES string of the molecule is CCCN(CC)CCn1cc[nH]c1=O. The molecule has 0 aromatic carbocycles. The topological polar surface area (TPSA) is 41.0 Å². The van der Waals surface area contributed by atoms with Crippen molar-refractivity contribution in [1.29, 1.82) is 0 Å². The van der Waals surface area contributed by atoms with E-state index in [0.29, 0.717) is 0 Å². The molecule has 1 aromatic rings. The Kier molecular flexibility index (Phi) is 4.46. The van der Waals surface area contributed by atoms with Gasteiger partial charge in [-0.25, -0.2) is 4.79 Å². The van der Waals surface area contributed by atoms with Gasteiger partial charge in [0.1, 0.15) is 0 Å². The Labute approximate surface area is 84.5 Å². The van der Waals surface area contributed by atoms with E-state index in [9.17, 15) is 4.79 Å². The molecule has 0 bridgehead atoms. The number of rotatable bonds is 6. The van der Waals surface area contributed by atoms with E-state index >= 15 is 0 Å². The highest BCUT2D eigenvalue weighted by molar-refractivity contribution is 4.76. The molecular weight excluding hydrogens is 178 g/mol. The quantitative estimate of drug-likeness (QED) is 0.736. The summed E-state index contributed by atoms with van der Waals surface area (Å²) in [6.07, 6.45) is 4.64. The first kappa shape index (κ1) is 11.0. The minimum Gasteiger partial charge on any atom is -0.313 e. The molecule has 14 heavy (non-hydrogen) atoms. The maximum atomic E-state index is 11.2. The highest BCUT2D eigenvalue weighted by atomic mass is 16.1. The van der Waals surface area contributed by atoms with Crippen molar-refractivity contribution in [3.8, 4) is 0 Å². The van der Waals surface area contributed by atoms with Crippen LogP contribution in [0.25, 0.3) is 0 Å². The van der Waals surface area contributed by atoms with Gasteiger partial charge >= 0.3 is 5.69 Å². The first-order chi connectivity index (χ1) is 6.77. The van der Waals surface area contributed by atoms with E-state index in [0.717, 1.165) is 32.6 Å². The second-order valence-corrected chi connectivity index (χ2v) is 3.39. The van der Waals surface area contributed by atoms with Crippen LogP contribution in [-0.2, 0) is 6.54 Å². The Balaban J connectivity index is 2.39. The van der Waals surface area contributed by atoms with E-state index in [4.69, 9.17) is 0 Å². The lowest BCUT2D eigenvalue weighted by molar-refractivity contribution is 0.275. The number of nitrogens with one attached hydrogen (secondary N) is 1. The van der Waals surface area contributed by atoms with E-state index in [-0.39, 0.29) is 5.69 Å². The van der Waals surface area contributed by atoms with Gasteiger partial charge in [0.05, 0.1) is 0 Å².